The standard InChI is InChI=1S/C7H7ClO3S/c1-2-7(9)11-10-6-4-12-3-5(6)8/h3-4H,2H2,1H3. The summed E-state index contributed by atoms with van der Waals surface area (Å²) in [4.78, 5) is 19.7. The highest BCUT2D eigenvalue weighted by Crippen LogP contribution is 2.28. The largest absolute Gasteiger partial charge is 0.355 e. The first-order valence-corrected chi connectivity index (χ1v) is 4.65. The second-order valence-electron chi connectivity index (χ2n) is 1.98. The molecule has 0 radical (unpaired) electrons. The smallest absolute Gasteiger partial charge is 0.284 e. The fraction of sp³-hybridized carbons (Fsp3) is 0.286. The lowest BCUT2D eigenvalue weighted by atomic mass is 10.5. The molecule has 0 aliphatic heterocycles. The van der Waals surface area contributed by atoms with Crippen molar-refractivity contribution < 1.29 is 14.6 Å². The van der Waals surface area contributed by atoms with Crippen molar-refractivity contribution in [1.29, 1.82) is 0 Å². The van der Waals surface area contributed by atoms with Crippen molar-refractivity contribution in [2.75, 3.05) is 0 Å². The van der Waals surface area contributed by atoms with Crippen LogP contribution < -0.4 is 4.89 Å². The third-order valence-corrected chi connectivity index (χ3v) is 2.24. The lowest BCUT2D eigenvalue weighted by Crippen LogP contribution is -2.05. The summed E-state index contributed by atoms with van der Waals surface area (Å²) in [5, 5.41) is 3.80. The minimum atomic E-state index is -0.419. The summed E-state index contributed by atoms with van der Waals surface area (Å²) >= 11 is 7.04. The molecule has 12 heavy (non-hydrogen) atoms. The van der Waals surface area contributed by atoms with E-state index in [1.807, 2.05) is 0 Å². The van der Waals surface area contributed by atoms with E-state index in [1.165, 1.54) is 11.3 Å². The van der Waals surface area contributed by atoms with Gasteiger partial charge in [-0.1, -0.05) is 18.5 Å². The predicted octanol–water partition coefficient (Wildman–Crippen LogP) is 2.65. The molecule has 1 heterocycles. The normalized spacial score (nSPS) is 9.50. The highest BCUT2D eigenvalue weighted by atomic mass is 35.5. The lowest BCUT2D eigenvalue weighted by Gasteiger charge is -2.00. The first kappa shape index (κ1) is 9.35. The molecule has 0 saturated carbocycles. The minimum absolute atomic E-state index is 0.280. The lowest BCUT2D eigenvalue weighted by molar-refractivity contribution is -0.213. The van der Waals surface area contributed by atoms with E-state index in [-0.39, 0.29) is 6.42 Å². The SMILES string of the molecule is CCC(=O)OOc1cscc1Cl. The molecule has 0 atom stereocenters. The van der Waals surface area contributed by atoms with Crippen LogP contribution in [0.15, 0.2) is 10.8 Å². The van der Waals surface area contributed by atoms with Gasteiger partial charge in [-0.25, -0.2) is 4.79 Å². The van der Waals surface area contributed by atoms with E-state index >= 15 is 0 Å². The van der Waals surface area contributed by atoms with Crippen LogP contribution in [0.1, 0.15) is 13.3 Å². The molecule has 0 aliphatic rings. The Morgan fingerprint density at radius 1 is 1.67 bits per heavy atom. The van der Waals surface area contributed by atoms with Crippen molar-refractivity contribution in [1.82, 2.24) is 0 Å². The van der Waals surface area contributed by atoms with E-state index in [1.54, 1.807) is 17.7 Å². The van der Waals surface area contributed by atoms with Crippen LogP contribution in [0, 0.1) is 0 Å². The molecule has 0 saturated heterocycles. The van der Waals surface area contributed by atoms with E-state index in [4.69, 9.17) is 11.6 Å². The van der Waals surface area contributed by atoms with Crippen molar-refractivity contribution in [2.45, 2.75) is 13.3 Å². The van der Waals surface area contributed by atoms with Crippen LogP contribution in [-0.4, -0.2) is 5.97 Å². The van der Waals surface area contributed by atoms with Crippen molar-refractivity contribution in [3.63, 3.8) is 0 Å². The van der Waals surface area contributed by atoms with Gasteiger partial charge in [0.05, 0.1) is 5.02 Å². The maximum atomic E-state index is 10.6. The summed E-state index contributed by atoms with van der Waals surface area (Å²) in [5.41, 5.74) is 0. The van der Waals surface area contributed by atoms with Crippen LogP contribution >= 0.6 is 22.9 Å². The average Bonchev–Trinajstić information content (AvgIpc) is 2.47. The number of rotatable bonds is 3. The summed E-state index contributed by atoms with van der Waals surface area (Å²) in [6.45, 7) is 1.68. The monoisotopic (exact) mass is 206 g/mol. The molecule has 0 spiro atoms. The minimum Gasteiger partial charge on any atom is -0.284 e. The van der Waals surface area contributed by atoms with Crippen LogP contribution in [0.4, 0.5) is 0 Å². The molecule has 0 aromatic carbocycles. The quantitative estimate of drug-likeness (QED) is 0.564. The van der Waals surface area contributed by atoms with E-state index in [2.05, 4.69) is 9.78 Å². The second-order valence-corrected chi connectivity index (χ2v) is 3.13. The Labute approximate surface area is 78.8 Å². The number of carbonyl (C=O) groups excluding carboxylic acids is 1. The predicted molar refractivity (Wildman–Crippen MR) is 46.3 cm³/mol. The van der Waals surface area contributed by atoms with Gasteiger partial charge >= 0.3 is 5.97 Å². The van der Waals surface area contributed by atoms with Crippen molar-refractivity contribution >= 4 is 28.9 Å². The molecule has 0 N–H and O–H groups in total. The van der Waals surface area contributed by atoms with Gasteiger partial charge in [0.25, 0.3) is 0 Å². The fourth-order valence-corrected chi connectivity index (χ4v) is 1.38. The van der Waals surface area contributed by atoms with Gasteiger partial charge < -0.3 is 0 Å². The maximum Gasteiger partial charge on any atom is 0.355 e. The van der Waals surface area contributed by atoms with Gasteiger partial charge in [-0.2, -0.15) is 0 Å². The topological polar surface area (TPSA) is 35.5 Å². The molecule has 0 amide bonds. The van der Waals surface area contributed by atoms with Crippen LogP contribution in [0.25, 0.3) is 0 Å². The molecule has 0 fully saturated rings. The summed E-state index contributed by atoms with van der Waals surface area (Å²) < 4.78 is 0. The number of hydrogen-bond acceptors (Lipinski definition) is 4. The van der Waals surface area contributed by atoms with Crippen molar-refractivity contribution in [2.24, 2.45) is 0 Å². The average molecular weight is 207 g/mol. The van der Waals surface area contributed by atoms with Gasteiger partial charge in [0.15, 0.2) is 0 Å². The molecule has 0 unspecified atom stereocenters. The Morgan fingerprint density at radius 3 is 2.92 bits per heavy atom. The molecule has 5 heteroatoms. The molecule has 1 rings (SSSR count). The maximum absolute atomic E-state index is 10.6. The molecular weight excluding hydrogens is 200 g/mol. The first-order valence-electron chi connectivity index (χ1n) is 3.33. The summed E-state index contributed by atoms with van der Waals surface area (Å²) in [6.07, 6.45) is 0.280. The number of halogens is 1. The molecule has 3 nitrogen and oxygen atoms in total. The fourth-order valence-electron chi connectivity index (χ4n) is 0.480. The molecule has 1 aromatic rings. The van der Waals surface area contributed by atoms with Crippen LogP contribution in [0.3, 0.4) is 0 Å². The van der Waals surface area contributed by atoms with Gasteiger partial charge in [-0.05, 0) is 0 Å². The van der Waals surface area contributed by atoms with Gasteiger partial charge in [0.1, 0.15) is 0 Å². The van der Waals surface area contributed by atoms with Crippen molar-refractivity contribution in [3.8, 4) is 5.75 Å². The van der Waals surface area contributed by atoms with Gasteiger partial charge in [-0.15, -0.1) is 11.3 Å². The first-order chi connectivity index (χ1) is 5.74. The Morgan fingerprint density at radius 2 is 2.42 bits per heavy atom. The van der Waals surface area contributed by atoms with Gasteiger partial charge in [0.2, 0.25) is 5.75 Å². The zero-order valence-corrected chi connectivity index (χ0v) is 7.95. The van der Waals surface area contributed by atoms with E-state index in [0.717, 1.165) is 0 Å². The Balaban J connectivity index is 2.43. The van der Waals surface area contributed by atoms with E-state index in [0.29, 0.717) is 10.8 Å². The third-order valence-electron chi connectivity index (χ3n) is 1.10. The molecular formula is C7H7ClO3S. The number of carbonyl (C=O) groups is 1. The number of thiophene rings is 1. The Hall–Kier alpha value is -0.740. The summed E-state index contributed by atoms with van der Waals surface area (Å²) in [7, 11) is 0. The van der Waals surface area contributed by atoms with Crippen molar-refractivity contribution in [3.05, 3.63) is 15.8 Å². The molecule has 66 valence electrons. The number of hydrogen-bond donors (Lipinski definition) is 0. The van der Waals surface area contributed by atoms with E-state index < -0.39 is 5.97 Å². The zero-order chi connectivity index (χ0) is 8.97. The van der Waals surface area contributed by atoms with E-state index in [9.17, 15) is 4.79 Å². The summed E-state index contributed by atoms with van der Waals surface area (Å²) in [6, 6.07) is 0. The summed E-state index contributed by atoms with van der Waals surface area (Å²) in [5.74, 6) is -0.0410. The highest BCUT2D eigenvalue weighted by Gasteiger charge is 2.06. The Kier molecular flexibility index (Phi) is 3.37. The van der Waals surface area contributed by atoms with Crippen LogP contribution in [0.5, 0.6) is 5.75 Å². The second kappa shape index (κ2) is 4.33. The van der Waals surface area contributed by atoms with Gasteiger partial charge in [-0.3, -0.25) is 9.78 Å². The molecule has 1 aromatic heterocycles. The zero-order valence-electron chi connectivity index (χ0n) is 6.37. The molecule has 0 aliphatic carbocycles. The third kappa shape index (κ3) is 2.39. The van der Waals surface area contributed by atoms with Crippen LogP contribution in [-0.2, 0) is 9.68 Å². The van der Waals surface area contributed by atoms with Gasteiger partial charge in [0, 0.05) is 17.2 Å². The Bertz CT molecular complexity index is 271. The molecule has 0 bridgehead atoms. The van der Waals surface area contributed by atoms with Crippen LogP contribution in [0.2, 0.25) is 5.02 Å². The highest BCUT2D eigenvalue weighted by molar-refractivity contribution is 7.08.